The maximum Gasteiger partial charge on any atom is 0.331 e. The summed E-state index contributed by atoms with van der Waals surface area (Å²) in [5.41, 5.74) is -0.876. The summed E-state index contributed by atoms with van der Waals surface area (Å²) in [5, 5.41) is 4.13. The highest BCUT2D eigenvalue weighted by Crippen LogP contribution is 2.20. The summed E-state index contributed by atoms with van der Waals surface area (Å²) in [5.74, 6) is -0.143. The number of nitrogens with zero attached hydrogens (tertiary/aromatic N) is 6. The average Bonchev–Trinajstić information content (AvgIpc) is 3.10. The molecule has 0 saturated carbocycles. The Hall–Kier alpha value is -2.71. The lowest BCUT2D eigenvalue weighted by atomic mass is 10.1. The molecule has 0 aromatic carbocycles. The average molecular weight is 318 g/mol. The number of rotatable bonds is 3. The molecule has 0 N–H and O–H groups in total. The second-order valence-corrected chi connectivity index (χ2v) is 5.63. The van der Waals surface area contributed by atoms with Gasteiger partial charge in [-0.3, -0.25) is 18.7 Å². The first-order valence-corrected chi connectivity index (χ1v) is 7.44. The van der Waals surface area contributed by atoms with Gasteiger partial charge in [0.1, 0.15) is 19.2 Å². The smallest absolute Gasteiger partial charge is 0.331 e. The summed E-state index contributed by atoms with van der Waals surface area (Å²) < 4.78 is 4.00. The molecule has 2 aromatic rings. The van der Waals surface area contributed by atoms with E-state index in [9.17, 15) is 14.4 Å². The van der Waals surface area contributed by atoms with E-state index in [2.05, 4.69) is 10.1 Å². The lowest BCUT2D eigenvalue weighted by Crippen LogP contribution is -2.45. The molecule has 0 aliphatic carbocycles. The maximum atomic E-state index is 12.5. The van der Waals surface area contributed by atoms with E-state index in [1.165, 1.54) is 30.2 Å². The minimum absolute atomic E-state index is 0.0724. The summed E-state index contributed by atoms with van der Waals surface area (Å²) in [4.78, 5) is 41.5. The van der Waals surface area contributed by atoms with Crippen LogP contribution in [0.25, 0.3) is 0 Å². The van der Waals surface area contributed by atoms with Gasteiger partial charge in [-0.2, -0.15) is 5.10 Å². The third-order valence-electron chi connectivity index (χ3n) is 4.13. The fourth-order valence-corrected chi connectivity index (χ4v) is 2.79. The molecule has 9 heteroatoms. The molecule has 1 saturated heterocycles. The van der Waals surface area contributed by atoms with Gasteiger partial charge < -0.3 is 4.90 Å². The van der Waals surface area contributed by atoms with Gasteiger partial charge in [0, 0.05) is 32.4 Å². The van der Waals surface area contributed by atoms with Crippen molar-refractivity contribution in [3.63, 3.8) is 0 Å². The van der Waals surface area contributed by atoms with E-state index in [1.807, 2.05) is 0 Å². The molecule has 1 amide bonds. The summed E-state index contributed by atoms with van der Waals surface area (Å²) >= 11 is 0. The Morgan fingerprint density at radius 2 is 2.22 bits per heavy atom. The highest BCUT2D eigenvalue weighted by Gasteiger charge is 2.25. The van der Waals surface area contributed by atoms with Crippen molar-refractivity contribution < 1.29 is 4.79 Å². The molecule has 1 aliphatic rings. The molecule has 0 spiro atoms. The van der Waals surface area contributed by atoms with Crippen LogP contribution in [0.1, 0.15) is 18.9 Å². The zero-order valence-corrected chi connectivity index (χ0v) is 12.8. The van der Waals surface area contributed by atoms with Crippen LogP contribution >= 0.6 is 0 Å². The zero-order valence-electron chi connectivity index (χ0n) is 12.8. The van der Waals surface area contributed by atoms with Gasteiger partial charge in [0.05, 0.1) is 6.04 Å². The van der Waals surface area contributed by atoms with E-state index in [0.717, 1.165) is 17.4 Å². The molecule has 3 heterocycles. The first-order chi connectivity index (χ1) is 11.1. The molecule has 1 atom stereocenters. The minimum atomic E-state index is -0.490. The van der Waals surface area contributed by atoms with Gasteiger partial charge in [-0.1, -0.05) is 0 Å². The van der Waals surface area contributed by atoms with Crippen molar-refractivity contribution in [2.75, 3.05) is 13.1 Å². The molecule has 9 nitrogen and oxygen atoms in total. The van der Waals surface area contributed by atoms with Gasteiger partial charge in [-0.15, -0.1) is 0 Å². The van der Waals surface area contributed by atoms with Crippen LogP contribution in [0.5, 0.6) is 0 Å². The number of piperidine rings is 1. The van der Waals surface area contributed by atoms with Gasteiger partial charge in [-0.05, 0) is 12.8 Å². The summed E-state index contributed by atoms with van der Waals surface area (Å²) in [6, 6.07) is 1.38. The van der Waals surface area contributed by atoms with Crippen LogP contribution in [0.3, 0.4) is 0 Å². The number of carbonyl (C=O) groups excluding carboxylic acids is 1. The third kappa shape index (κ3) is 3.08. The van der Waals surface area contributed by atoms with Crippen LogP contribution in [-0.4, -0.2) is 47.8 Å². The van der Waals surface area contributed by atoms with Crippen molar-refractivity contribution in [1.82, 2.24) is 28.8 Å². The summed E-state index contributed by atoms with van der Waals surface area (Å²) in [6.07, 6.45) is 6.30. The molecule has 0 radical (unpaired) electrons. The van der Waals surface area contributed by atoms with Crippen molar-refractivity contribution in [3.05, 3.63) is 45.8 Å². The molecule has 2 aromatic heterocycles. The fourth-order valence-electron chi connectivity index (χ4n) is 2.79. The lowest BCUT2D eigenvalue weighted by molar-refractivity contribution is -0.133. The first-order valence-electron chi connectivity index (χ1n) is 7.44. The Bertz CT molecular complexity index is 807. The fraction of sp³-hybridized carbons (Fsp3) is 0.500. The van der Waals surface area contributed by atoms with Crippen molar-refractivity contribution in [3.8, 4) is 0 Å². The van der Waals surface area contributed by atoms with E-state index in [4.69, 9.17) is 0 Å². The zero-order chi connectivity index (χ0) is 16.4. The van der Waals surface area contributed by atoms with E-state index < -0.39 is 5.69 Å². The Morgan fingerprint density at radius 1 is 1.39 bits per heavy atom. The summed E-state index contributed by atoms with van der Waals surface area (Å²) in [6.45, 7) is 1.13. The standard InChI is InChI=1S/C14H18N6O3/c1-17-12(21)4-6-19(14(17)23)8-13(22)18-5-2-3-11(7-18)20-10-15-9-16-20/h4,6,9-11H,2-3,5,7-8H2,1H3. The van der Waals surface area contributed by atoms with Crippen LogP contribution in [0.2, 0.25) is 0 Å². The third-order valence-corrected chi connectivity index (χ3v) is 4.13. The predicted octanol–water partition coefficient (Wildman–Crippen LogP) is -0.998. The SMILES string of the molecule is Cn1c(=O)ccn(CC(=O)N2CCCC(n3cncn3)C2)c1=O. The van der Waals surface area contributed by atoms with Gasteiger partial charge >= 0.3 is 5.69 Å². The van der Waals surface area contributed by atoms with E-state index in [1.54, 1.807) is 15.9 Å². The number of likely N-dealkylation sites (tertiary alicyclic amines) is 1. The molecule has 3 rings (SSSR count). The number of hydrogen-bond donors (Lipinski definition) is 0. The van der Waals surface area contributed by atoms with E-state index >= 15 is 0 Å². The molecule has 0 bridgehead atoms. The van der Waals surface area contributed by atoms with Crippen molar-refractivity contribution in [2.45, 2.75) is 25.4 Å². The topological polar surface area (TPSA) is 95.0 Å². The second kappa shape index (κ2) is 6.19. The van der Waals surface area contributed by atoms with Crippen LogP contribution in [0, 0.1) is 0 Å². The molecule has 1 aliphatic heterocycles. The Labute approximate surface area is 131 Å². The largest absolute Gasteiger partial charge is 0.339 e. The van der Waals surface area contributed by atoms with Crippen LogP contribution in [0.15, 0.2) is 34.5 Å². The molecule has 1 unspecified atom stereocenters. The van der Waals surface area contributed by atoms with Gasteiger partial charge in [-0.25, -0.2) is 14.5 Å². The van der Waals surface area contributed by atoms with Crippen LogP contribution < -0.4 is 11.2 Å². The predicted molar refractivity (Wildman–Crippen MR) is 80.8 cm³/mol. The molecule has 1 fully saturated rings. The van der Waals surface area contributed by atoms with Gasteiger partial charge in [0.2, 0.25) is 5.91 Å². The van der Waals surface area contributed by atoms with Crippen LogP contribution in [-0.2, 0) is 18.4 Å². The Balaban J connectivity index is 1.72. The number of hydrogen-bond acceptors (Lipinski definition) is 5. The minimum Gasteiger partial charge on any atom is -0.339 e. The normalized spacial score (nSPS) is 18.1. The Morgan fingerprint density at radius 3 is 2.96 bits per heavy atom. The highest BCUT2D eigenvalue weighted by atomic mass is 16.2. The first kappa shape index (κ1) is 15.2. The lowest BCUT2D eigenvalue weighted by Gasteiger charge is -2.32. The molecular formula is C14H18N6O3. The van der Waals surface area contributed by atoms with Crippen LogP contribution in [0.4, 0.5) is 0 Å². The quantitative estimate of drug-likeness (QED) is 0.723. The second-order valence-electron chi connectivity index (χ2n) is 5.63. The summed E-state index contributed by atoms with van der Waals surface area (Å²) in [7, 11) is 1.40. The molecule has 122 valence electrons. The number of carbonyl (C=O) groups is 1. The molecule has 23 heavy (non-hydrogen) atoms. The number of aromatic nitrogens is 5. The number of amides is 1. The van der Waals surface area contributed by atoms with Gasteiger partial charge in [0.15, 0.2) is 0 Å². The highest BCUT2D eigenvalue weighted by molar-refractivity contribution is 5.76. The van der Waals surface area contributed by atoms with Crippen molar-refractivity contribution in [2.24, 2.45) is 7.05 Å². The molecular weight excluding hydrogens is 300 g/mol. The van der Waals surface area contributed by atoms with E-state index in [0.29, 0.717) is 13.1 Å². The van der Waals surface area contributed by atoms with E-state index in [-0.39, 0.29) is 24.1 Å². The monoisotopic (exact) mass is 318 g/mol. The van der Waals surface area contributed by atoms with Gasteiger partial charge in [0.25, 0.3) is 5.56 Å². The Kier molecular flexibility index (Phi) is 4.09. The van der Waals surface area contributed by atoms with Crippen molar-refractivity contribution >= 4 is 5.91 Å². The maximum absolute atomic E-state index is 12.5. The van der Waals surface area contributed by atoms with Crippen molar-refractivity contribution in [1.29, 1.82) is 0 Å².